The molecule has 0 aliphatic heterocycles. The van der Waals surface area contributed by atoms with Gasteiger partial charge in [-0.05, 0) is 43.5 Å². The molecule has 19 heavy (non-hydrogen) atoms. The molecular formula is C15H18ClNOS. The van der Waals surface area contributed by atoms with Crippen LogP contribution < -0.4 is 5.32 Å². The maximum absolute atomic E-state index is 6.06. The fourth-order valence-corrected chi connectivity index (χ4v) is 3.58. The largest absolute Gasteiger partial charge is 0.467 e. The molecule has 0 spiro atoms. The third kappa shape index (κ3) is 3.41. The fraction of sp³-hybridized carbons (Fsp3) is 0.467. The Labute approximate surface area is 122 Å². The molecule has 0 saturated heterocycles. The van der Waals surface area contributed by atoms with Crippen molar-refractivity contribution in [3.8, 4) is 0 Å². The highest BCUT2D eigenvalue weighted by Crippen LogP contribution is 2.35. The van der Waals surface area contributed by atoms with E-state index >= 15 is 0 Å². The number of furan rings is 1. The topological polar surface area (TPSA) is 25.2 Å². The molecule has 1 saturated carbocycles. The Bertz CT molecular complexity index is 518. The number of hydrogen-bond acceptors (Lipinski definition) is 3. The quantitative estimate of drug-likeness (QED) is 0.823. The third-order valence-electron chi connectivity index (χ3n) is 3.54. The molecule has 2 aromatic heterocycles. The highest BCUT2D eigenvalue weighted by atomic mass is 35.5. The Morgan fingerprint density at radius 3 is 2.84 bits per heavy atom. The summed E-state index contributed by atoms with van der Waals surface area (Å²) in [6.07, 6.45) is 5.76. The molecule has 2 unspecified atom stereocenters. The molecule has 2 atom stereocenters. The van der Waals surface area contributed by atoms with Gasteiger partial charge in [0, 0.05) is 10.9 Å². The summed E-state index contributed by atoms with van der Waals surface area (Å²) in [4.78, 5) is 1.21. The summed E-state index contributed by atoms with van der Waals surface area (Å²) < 4.78 is 6.40. The lowest BCUT2D eigenvalue weighted by molar-refractivity contribution is 0.398. The molecular weight excluding hydrogens is 278 g/mol. The first-order valence-electron chi connectivity index (χ1n) is 6.77. The van der Waals surface area contributed by atoms with Crippen LogP contribution in [0.2, 0.25) is 4.34 Å². The molecule has 0 amide bonds. The molecule has 0 radical (unpaired) electrons. The Hall–Kier alpha value is -0.770. The van der Waals surface area contributed by atoms with Crippen molar-refractivity contribution in [3.05, 3.63) is 45.5 Å². The summed E-state index contributed by atoms with van der Waals surface area (Å²) in [5.74, 6) is 1.88. The number of halogens is 1. The van der Waals surface area contributed by atoms with Crippen molar-refractivity contribution in [3.63, 3.8) is 0 Å². The van der Waals surface area contributed by atoms with Crippen LogP contribution in [0.4, 0.5) is 0 Å². The van der Waals surface area contributed by atoms with E-state index in [0.29, 0.717) is 6.04 Å². The summed E-state index contributed by atoms with van der Waals surface area (Å²) >= 11 is 7.67. The van der Waals surface area contributed by atoms with Gasteiger partial charge in [0.15, 0.2) is 0 Å². The first-order chi connectivity index (χ1) is 9.22. The van der Waals surface area contributed by atoms with Gasteiger partial charge in [0.25, 0.3) is 0 Å². The molecule has 2 nitrogen and oxygen atoms in total. The maximum atomic E-state index is 6.06. The summed E-state index contributed by atoms with van der Waals surface area (Å²) in [5, 5.41) is 3.68. The molecule has 3 rings (SSSR count). The second-order valence-corrected chi connectivity index (χ2v) is 7.08. The van der Waals surface area contributed by atoms with Gasteiger partial charge < -0.3 is 9.73 Å². The first-order valence-corrected chi connectivity index (χ1v) is 7.96. The summed E-state index contributed by atoms with van der Waals surface area (Å²) in [5.41, 5.74) is 0. The molecule has 4 heteroatoms. The van der Waals surface area contributed by atoms with Gasteiger partial charge in [-0.25, -0.2) is 0 Å². The van der Waals surface area contributed by atoms with Crippen LogP contribution in [-0.4, -0.2) is 6.04 Å². The summed E-state index contributed by atoms with van der Waals surface area (Å²) in [6, 6.07) is 8.59. The van der Waals surface area contributed by atoms with Gasteiger partial charge in [-0.1, -0.05) is 24.4 Å². The van der Waals surface area contributed by atoms with Gasteiger partial charge in [0.1, 0.15) is 11.8 Å². The molecule has 2 aromatic rings. The van der Waals surface area contributed by atoms with Crippen LogP contribution in [-0.2, 0) is 0 Å². The molecule has 1 aliphatic rings. The number of nitrogens with one attached hydrogen (secondary N) is 1. The molecule has 0 bridgehead atoms. The van der Waals surface area contributed by atoms with Crippen LogP contribution in [0.5, 0.6) is 0 Å². The van der Waals surface area contributed by atoms with E-state index in [9.17, 15) is 0 Å². The molecule has 1 aliphatic carbocycles. The Balaban J connectivity index is 1.76. The molecule has 0 aromatic carbocycles. The van der Waals surface area contributed by atoms with E-state index in [1.165, 1.54) is 24.1 Å². The van der Waals surface area contributed by atoms with E-state index in [1.54, 1.807) is 17.6 Å². The normalized spacial score (nSPS) is 18.4. The van der Waals surface area contributed by atoms with E-state index < -0.39 is 0 Å². The van der Waals surface area contributed by atoms with Crippen LogP contribution >= 0.6 is 22.9 Å². The fourth-order valence-electron chi connectivity index (χ4n) is 2.45. The zero-order chi connectivity index (χ0) is 13.2. The van der Waals surface area contributed by atoms with Crippen molar-refractivity contribution < 1.29 is 4.42 Å². The lowest BCUT2D eigenvalue weighted by Crippen LogP contribution is -2.31. The molecule has 2 heterocycles. The SMILES string of the molecule is CC(CC1CC1)NC(c1ccco1)c1ccc(Cl)s1. The van der Waals surface area contributed by atoms with Gasteiger partial charge in [0.2, 0.25) is 0 Å². The van der Waals surface area contributed by atoms with Crippen molar-refractivity contribution in [1.29, 1.82) is 0 Å². The van der Waals surface area contributed by atoms with Crippen molar-refractivity contribution >= 4 is 22.9 Å². The van der Waals surface area contributed by atoms with Crippen LogP contribution in [0.15, 0.2) is 34.9 Å². The number of hydrogen-bond donors (Lipinski definition) is 1. The van der Waals surface area contributed by atoms with Gasteiger partial charge in [0.05, 0.1) is 10.6 Å². The van der Waals surface area contributed by atoms with Crippen molar-refractivity contribution in [2.75, 3.05) is 0 Å². The highest BCUT2D eigenvalue weighted by molar-refractivity contribution is 7.16. The Morgan fingerprint density at radius 2 is 2.26 bits per heavy atom. The first kappa shape index (κ1) is 13.2. The zero-order valence-corrected chi connectivity index (χ0v) is 12.5. The number of rotatable bonds is 6. The minimum Gasteiger partial charge on any atom is -0.467 e. The molecule has 1 fully saturated rings. The third-order valence-corrected chi connectivity index (χ3v) is 4.84. The second-order valence-electron chi connectivity index (χ2n) is 5.34. The highest BCUT2D eigenvalue weighted by Gasteiger charge is 2.26. The van der Waals surface area contributed by atoms with Crippen molar-refractivity contribution in [2.45, 2.75) is 38.3 Å². The lowest BCUT2D eigenvalue weighted by atomic mass is 10.1. The van der Waals surface area contributed by atoms with Gasteiger partial charge in [-0.15, -0.1) is 11.3 Å². The van der Waals surface area contributed by atoms with Gasteiger partial charge >= 0.3 is 0 Å². The lowest BCUT2D eigenvalue weighted by Gasteiger charge is -2.21. The molecule has 1 N–H and O–H groups in total. The smallest absolute Gasteiger partial charge is 0.126 e. The average molecular weight is 296 g/mol. The summed E-state index contributed by atoms with van der Waals surface area (Å²) in [7, 11) is 0. The van der Waals surface area contributed by atoms with Crippen molar-refractivity contribution in [2.24, 2.45) is 5.92 Å². The zero-order valence-electron chi connectivity index (χ0n) is 10.9. The van der Waals surface area contributed by atoms with Crippen LogP contribution in [0, 0.1) is 5.92 Å². The van der Waals surface area contributed by atoms with E-state index in [2.05, 4.69) is 18.3 Å². The maximum Gasteiger partial charge on any atom is 0.126 e. The standard InChI is InChI=1S/C15H18ClNOS/c1-10(9-11-4-5-11)17-15(12-3-2-8-18-12)13-6-7-14(16)19-13/h2-3,6-8,10-11,15,17H,4-5,9H2,1H3. The van der Waals surface area contributed by atoms with Crippen LogP contribution in [0.3, 0.4) is 0 Å². The van der Waals surface area contributed by atoms with Gasteiger partial charge in [-0.3, -0.25) is 0 Å². The van der Waals surface area contributed by atoms with Crippen LogP contribution in [0.1, 0.15) is 42.9 Å². The Morgan fingerprint density at radius 1 is 1.42 bits per heavy atom. The number of thiophene rings is 1. The molecule has 102 valence electrons. The predicted molar refractivity (Wildman–Crippen MR) is 79.8 cm³/mol. The van der Waals surface area contributed by atoms with Gasteiger partial charge in [-0.2, -0.15) is 0 Å². The van der Waals surface area contributed by atoms with E-state index in [-0.39, 0.29) is 6.04 Å². The predicted octanol–water partition coefficient (Wildman–Crippen LogP) is 4.86. The second kappa shape index (κ2) is 5.70. The van der Waals surface area contributed by atoms with E-state index in [1.807, 2.05) is 18.2 Å². The van der Waals surface area contributed by atoms with E-state index in [0.717, 1.165) is 16.0 Å². The minimum absolute atomic E-state index is 0.112. The van der Waals surface area contributed by atoms with E-state index in [4.69, 9.17) is 16.0 Å². The van der Waals surface area contributed by atoms with Crippen molar-refractivity contribution in [1.82, 2.24) is 5.32 Å². The monoisotopic (exact) mass is 295 g/mol. The Kier molecular flexibility index (Phi) is 3.96. The van der Waals surface area contributed by atoms with Crippen LogP contribution in [0.25, 0.3) is 0 Å². The average Bonchev–Trinajstić information content (AvgIpc) is 2.90. The summed E-state index contributed by atoms with van der Waals surface area (Å²) in [6.45, 7) is 2.25. The minimum atomic E-state index is 0.112.